The predicted molar refractivity (Wildman–Crippen MR) is 239 cm³/mol. The van der Waals surface area contributed by atoms with Crippen molar-refractivity contribution >= 4 is 21.7 Å². The summed E-state index contributed by atoms with van der Waals surface area (Å²) >= 11 is 0. The lowest BCUT2D eigenvalue weighted by atomic mass is 9.78. The first kappa shape index (κ1) is 39.3. The second-order valence-corrected chi connectivity index (χ2v) is 22.8. The summed E-state index contributed by atoms with van der Waals surface area (Å²) in [5.41, 5.74) is 23.7. The number of rotatable bonds is 6. The van der Waals surface area contributed by atoms with Gasteiger partial charge in [-0.25, -0.2) is 0 Å². The van der Waals surface area contributed by atoms with Gasteiger partial charge >= 0.3 is 0 Å². The Morgan fingerprint density at radius 2 is 0.736 bits per heavy atom. The molecule has 0 saturated heterocycles. The predicted octanol–water partition coefficient (Wildman–Crippen LogP) is 14.5. The van der Waals surface area contributed by atoms with Gasteiger partial charge in [-0.3, -0.25) is 0 Å². The molecule has 2 aliphatic carbocycles. The molecule has 0 bridgehead atoms. The molecule has 0 spiro atoms. The first-order valence-electron chi connectivity index (χ1n) is 20.4. The van der Waals surface area contributed by atoms with Crippen molar-refractivity contribution in [3.63, 3.8) is 0 Å². The van der Waals surface area contributed by atoms with E-state index >= 15 is 0 Å². The van der Waals surface area contributed by atoms with Crippen LogP contribution < -0.4 is 0 Å². The van der Waals surface area contributed by atoms with Crippen LogP contribution in [0.1, 0.15) is 164 Å². The van der Waals surface area contributed by atoms with E-state index < -0.39 is 0 Å². The fourth-order valence-electron chi connectivity index (χ4n) is 8.89. The van der Waals surface area contributed by atoms with Crippen LogP contribution in [0.15, 0.2) is 71.8 Å². The molecule has 2 atom stereocenters. The Hall–Kier alpha value is -3.42. The van der Waals surface area contributed by atoms with Crippen LogP contribution in [-0.4, -0.2) is 9.52 Å². The van der Waals surface area contributed by atoms with Gasteiger partial charge in [-0.05, 0) is 127 Å². The minimum absolute atomic E-state index is 0.0957. The number of benzene rings is 4. The number of allylic oxidation sites excluding steroid dienone is 2. The quantitative estimate of drug-likeness (QED) is 0.174. The summed E-state index contributed by atoms with van der Waals surface area (Å²) in [5.74, 6) is 1.08. The number of hydrogen-bond donors (Lipinski definition) is 0. The molecular weight excluding hydrogens is 653 g/mol. The minimum Gasteiger partial charge on any atom is -0.0655 e. The third-order valence-corrected chi connectivity index (χ3v) is 14.4. The van der Waals surface area contributed by atoms with Crippen LogP contribution in [0.25, 0.3) is 34.4 Å². The molecule has 2 aliphatic rings. The van der Waals surface area contributed by atoms with Crippen molar-refractivity contribution < 1.29 is 0 Å². The zero-order chi connectivity index (χ0) is 39.0. The maximum absolute atomic E-state index is 2.54. The van der Waals surface area contributed by atoms with Crippen LogP contribution in [0, 0.1) is 13.8 Å². The topological polar surface area (TPSA) is 0 Å². The standard InChI is InChI=1S/C52H68Si/c1-31-17-19-41-43(47(31)35-23-37(49(5,6)7)27-38(24-35)50(8,9)10)21-33(3)45(41)29-53-30-46-34(4)22-44-42(46)20-18-32(2)48(44)36-25-39(51(11,12)13)28-40(26-36)52(14,15)16/h17-28,45-46H,29-30,53H2,1-16H3. The van der Waals surface area contributed by atoms with Gasteiger partial charge in [0.2, 0.25) is 0 Å². The van der Waals surface area contributed by atoms with E-state index in [4.69, 9.17) is 0 Å². The summed E-state index contributed by atoms with van der Waals surface area (Å²) < 4.78 is 0. The molecule has 0 aromatic heterocycles. The van der Waals surface area contributed by atoms with E-state index in [-0.39, 0.29) is 31.2 Å². The van der Waals surface area contributed by atoms with Gasteiger partial charge in [0.1, 0.15) is 0 Å². The number of fused-ring (bicyclic) bond motifs is 2. The van der Waals surface area contributed by atoms with Crippen molar-refractivity contribution in [3.05, 3.63) is 127 Å². The van der Waals surface area contributed by atoms with E-state index in [2.05, 4.69) is 184 Å². The van der Waals surface area contributed by atoms with Crippen molar-refractivity contribution in [2.75, 3.05) is 0 Å². The summed E-state index contributed by atoms with van der Waals surface area (Å²) in [7, 11) is -0.342. The van der Waals surface area contributed by atoms with Crippen LogP contribution in [0.5, 0.6) is 0 Å². The van der Waals surface area contributed by atoms with E-state index in [9.17, 15) is 0 Å². The van der Waals surface area contributed by atoms with Crippen molar-refractivity contribution in [3.8, 4) is 22.3 Å². The third-order valence-electron chi connectivity index (χ3n) is 12.5. The van der Waals surface area contributed by atoms with Gasteiger partial charge in [-0.15, -0.1) is 0 Å². The second-order valence-electron chi connectivity index (χ2n) is 20.9. The van der Waals surface area contributed by atoms with Gasteiger partial charge in [0.25, 0.3) is 0 Å². The molecule has 0 radical (unpaired) electrons. The Labute approximate surface area is 326 Å². The van der Waals surface area contributed by atoms with E-state index in [0.717, 1.165) is 0 Å². The molecule has 0 heterocycles. The summed E-state index contributed by atoms with van der Waals surface area (Å²) in [6.07, 6.45) is 5.08. The van der Waals surface area contributed by atoms with Gasteiger partial charge in [0.15, 0.2) is 0 Å². The molecule has 6 rings (SSSR count). The molecule has 4 aromatic rings. The molecule has 0 amide bonds. The summed E-state index contributed by atoms with van der Waals surface area (Å²) in [6.45, 7) is 37.6. The molecule has 0 fully saturated rings. The zero-order valence-electron chi connectivity index (χ0n) is 36.2. The van der Waals surface area contributed by atoms with E-state index in [0.29, 0.717) is 11.8 Å². The lowest BCUT2D eigenvalue weighted by Crippen LogP contribution is -2.16. The fourth-order valence-corrected chi connectivity index (χ4v) is 11.5. The SMILES string of the molecule is CC1=Cc2c(ccc(C)c2-c2cc(C(C)(C)C)cc(C(C)(C)C)c2)C1C[SiH2]CC1C(C)=Cc2c1ccc(C)c2-c1cc(C(C)(C)C)cc(C(C)(C)C)c1. The first-order valence-corrected chi connectivity index (χ1v) is 22.4. The molecule has 280 valence electrons. The highest BCUT2D eigenvalue weighted by Gasteiger charge is 2.31. The van der Waals surface area contributed by atoms with E-state index in [1.807, 2.05) is 0 Å². The minimum atomic E-state index is -0.342. The fraction of sp³-hybridized carbons (Fsp3) is 0.462. The Balaban J connectivity index is 1.30. The third kappa shape index (κ3) is 7.75. The number of hydrogen-bond acceptors (Lipinski definition) is 0. The molecule has 0 N–H and O–H groups in total. The summed E-state index contributed by atoms with van der Waals surface area (Å²) in [4.78, 5) is 0. The molecule has 0 nitrogen and oxygen atoms in total. The van der Waals surface area contributed by atoms with Crippen LogP contribution in [0.4, 0.5) is 0 Å². The second kappa shape index (κ2) is 13.7. The lowest BCUT2D eigenvalue weighted by molar-refractivity contribution is 0.568. The summed E-state index contributed by atoms with van der Waals surface area (Å²) in [6, 6.07) is 27.2. The molecule has 1 heteroatoms. The molecule has 4 aromatic carbocycles. The normalized spacial score (nSPS) is 17.7. The average molecular weight is 721 g/mol. The van der Waals surface area contributed by atoms with Gasteiger partial charge < -0.3 is 0 Å². The van der Waals surface area contributed by atoms with Crippen LogP contribution >= 0.6 is 0 Å². The van der Waals surface area contributed by atoms with E-state index in [1.54, 1.807) is 22.3 Å². The van der Waals surface area contributed by atoms with Crippen molar-refractivity contribution in [1.82, 2.24) is 0 Å². The van der Waals surface area contributed by atoms with Crippen LogP contribution in [0.2, 0.25) is 12.1 Å². The van der Waals surface area contributed by atoms with Gasteiger partial charge in [-0.1, -0.05) is 179 Å². The first-order chi connectivity index (χ1) is 24.4. The van der Waals surface area contributed by atoms with Crippen molar-refractivity contribution in [2.24, 2.45) is 0 Å². The van der Waals surface area contributed by atoms with Crippen LogP contribution in [-0.2, 0) is 21.7 Å². The van der Waals surface area contributed by atoms with Crippen molar-refractivity contribution in [2.45, 2.75) is 156 Å². The molecular formula is C52H68Si. The Morgan fingerprint density at radius 1 is 0.434 bits per heavy atom. The van der Waals surface area contributed by atoms with Gasteiger partial charge in [-0.2, -0.15) is 0 Å². The smallest absolute Gasteiger partial charge is 0.0218 e. The Bertz CT molecular complexity index is 1900. The van der Waals surface area contributed by atoms with Gasteiger partial charge in [0.05, 0.1) is 0 Å². The lowest BCUT2D eigenvalue weighted by Gasteiger charge is -2.27. The Kier molecular flexibility index (Phi) is 10.2. The molecule has 0 aliphatic heterocycles. The maximum Gasteiger partial charge on any atom is 0.0218 e. The van der Waals surface area contributed by atoms with E-state index in [1.165, 1.54) is 78.8 Å². The highest BCUT2D eigenvalue weighted by atomic mass is 28.2. The molecule has 0 saturated carbocycles. The largest absolute Gasteiger partial charge is 0.0655 e. The average Bonchev–Trinajstić information content (AvgIpc) is 3.53. The molecule has 53 heavy (non-hydrogen) atoms. The van der Waals surface area contributed by atoms with Crippen LogP contribution in [0.3, 0.4) is 0 Å². The highest BCUT2D eigenvalue weighted by Crippen LogP contribution is 2.48. The monoisotopic (exact) mass is 721 g/mol. The highest BCUT2D eigenvalue weighted by molar-refractivity contribution is 6.36. The summed E-state index contributed by atoms with van der Waals surface area (Å²) in [5, 5.41) is 0. The molecule has 2 unspecified atom stereocenters. The zero-order valence-corrected chi connectivity index (χ0v) is 37.6. The number of aryl methyl sites for hydroxylation is 2. The maximum atomic E-state index is 2.54. The Morgan fingerprint density at radius 3 is 1.02 bits per heavy atom. The van der Waals surface area contributed by atoms with Gasteiger partial charge in [0, 0.05) is 21.4 Å². The van der Waals surface area contributed by atoms with Crippen molar-refractivity contribution in [1.29, 1.82) is 0 Å².